The number of hydrogen-bond donors (Lipinski definition) is 2. The van der Waals surface area contributed by atoms with Crippen molar-refractivity contribution >= 4 is 11.7 Å². The number of aromatic nitrogens is 1. The molecule has 0 aliphatic heterocycles. The van der Waals surface area contributed by atoms with E-state index in [0.717, 1.165) is 17.8 Å². The highest BCUT2D eigenvalue weighted by atomic mass is 16.4. The largest absolute Gasteiger partial charge is 0.478 e. The van der Waals surface area contributed by atoms with Gasteiger partial charge in [-0.25, -0.2) is 4.79 Å². The van der Waals surface area contributed by atoms with Crippen LogP contribution in [0.4, 0.5) is 5.69 Å². The second-order valence-corrected chi connectivity index (χ2v) is 4.42. The Hall–Kier alpha value is -2.23. The second kappa shape index (κ2) is 5.61. The zero-order valence-electron chi connectivity index (χ0n) is 11.2. The standard InChI is InChI=1S/C15H18N2O2/c1-3-17-9-5-6-12(17)10-16-14-8-4-7-13(11(14)2)15(18)19/h4-9,16H,3,10H2,1-2H3,(H,18,19). The van der Waals surface area contributed by atoms with Crippen molar-refractivity contribution in [2.24, 2.45) is 0 Å². The number of aromatic carboxylic acids is 1. The fourth-order valence-corrected chi connectivity index (χ4v) is 2.16. The number of aryl methyl sites for hydroxylation is 1. The van der Waals surface area contributed by atoms with Gasteiger partial charge in [0.15, 0.2) is 0 Å². The van der Waals surface area contributed by atoms with Crippen molar-refractivity contribution in [2.75, 3.05) is 5.32 Å². The van der Waals surface area contributed by atoms with E-state index < -0.39 is 5.97 Å². The van der Waals surface area contributed by atoms with Crippen LogP contribution in [-0.4, -0.2) is 15.6 Å². The average molecular weight is 258 g/mol. The van der Waals surface area contributed by atoms with Gasteiger partial charge in [0.1, 0.15) is 0 Å². The predicted octanol–water partition coefficient (Wildman–Crippen LogP) is 3.13. The van der Waals surface area contributed by atoms with Crippen LogP contribution in [0.5, 0.6) is 0 Å². The van der Waals surface area contributed by atoms with Crippen molar-refractivity contribution in [3.8, 4) is 0 Å². The first-order chi connectivity index (χ1) is 9.13. The maximum absolute atomic E-state index is 11.1. The van der Waals surface area contributed by atoms with Crippen LogP contribution in [0.15, 0.2) is 36.5 Å². The minimum Gasteiger partial charge on any atom is -0.478 e. The third kappa shape index (κ3) is 2.78. The summed E-state index contributed by atoms with van der Waals surface area (Å²) in [4.78, 5) is 11.1. The van der Waals surface area contributed by atoms with E-state index in [1.165, 1.54) is 5.69 Å². The van der Waals surface area contributed by atoms with E-state index in [4.69, 9.17) is 5.11 Å². The van der Waals surface area contributed by atoms with Crippen LogP contribution in [0.25, 0.3) is 0 Å². The van der Waals surface area contributed by atoms with Gasteiger partial charge in [-0.15, -0.1) is 0 Å². The highest BCUT2D eigenvalue weighted by Gasteiger charge is 2.10. The summed E-state index contributed by atoms with van der Waals surface area (Å²) < 4.78 is 2.16. The molecule has 1 aromatic carbocycles. The summed E-state index contributed by atoms with van der Waals surface area (Å²) in [5.41, 5.74) is 3.16. The molecule has 0 saturated carbocycles. The summed E-state index contributed by atoms with van der Waals surface area (Å²) in [7, 11) is 0. The Morgan fingerprint density at radius 1 is 1.32 bits per heavy atom. The monoisotopic (exact) mass is 258 g/mol. The fourth-order valence-electron chi connectivity index (χ4n) is 2.16. The molecular formula is C15H18N2O2. The number of hydrogen-bond acceptors (Lipinski definition) is 2. The maximum Gasteiger partial charge on any atom is 0.336 e. The Morgan fingerprint density at radius 3 is 2.79 bits per heavy atom. The van der Waals surface area contributed by atoms with E-state index in [2.05, 4.69) is 22.9 Å². The van der Waals surface area contributed by atoms with Crippen LogP contribution in [0.1, 0.15) is 28.5 Å². The van der Waals surface area contributed by atoms with Crippen LogP contribution in [0, 0.1) is 6.92 Å². The summed E-state index contributed by atoms with van der Waals surface area (Å²) in [5, 5.41) is 12.4. The molecule has 4 nitrogen and oxygen atoms in total. The minimum absolute atomic E-state index is 0.343. The Bertz CT molecular complexity index is 588. The van der Waals surface area contributed by atoms with E-state index in [1.54, 1.807) is 12.1 Å². The number of benzene rings is 1. The summed E-state index contributed by atoms with van der Waals surface area (Å²) >= 11 is 0. The van der Waals surface area contributed by atoms with Crippen molar-refractivity contribution in [1.29, 1.82) is 0 Å². The molecule has 4 heteroatoms. The lowest BCUT2D eigenvalue weighted by Gasteiger charge is -2.12. The molecule has 0 bridgehead atoms. The molecule has 0 amide bonds. The lowest BCUT2D eigenvalue weighted by atomic mass is 10.1. The number of nitrogens with one attached hydrogen (secondary N) is 1. The van der Waals surface area contributed by atoms with Crippen LogP contribution >= 0.6 is 0 Å². The van der Waals surface area contributed by atoms with Gasteiger partial charge in [0.05, 0.1) is 12.1 Å². The highest BCUT2D eigenvalue weighted by Crippen LogP contribution is 2.19. The number of rotatable bonds is 5. The highest BCUT2D eigenvalue weighted by molar-refractivity contribution is 5.91. The molecule has 0 saturated heterocycles. The van der Waals surface area contributed by atoms with Gasteiger partial charge in [0.2, 0.25) is 0 Å². The molecular weight excluding hydrogens is 240 g/mol. The second-order valence-electron chi connectivity index (χ2n) is 4.42. The van der Waals surface area contributed by atoms with Crippen LogP contribution < -0.4 is 5.32 Å². The normalized spacial score (nSPS) is 10.4. The van der Waals surface area contributed by atoms with Gasteiger partial charge in [-0.1, -0.05) is 6.07 Å². The SMILES string of the molecule is CCn1cccc1CNc1cccc(C(=O)O)c1C. The van der Waals surface area contributed by atoms with Crippen LogP contribution in [-0.2, 0) is 13.1 Å². The first-order valence-corrected chi connectivity index (χ1v) is 6.34. The van der Waals surface area contributed by atoms with Crippen LogP contribution in [0.3, 0.4) is 0 Å². The summed E-state index contributed by atoms with van der Waals surface area (Å²) in [6, 6.07) is 9.37. The lowest BCUT2D eigenvalue weighted by Crippen LogP contribution is -2.08. The summed E-state index contributed by atoms with van der Waals surface area (Å²) in [5.74, 6) is -0.891. The molecule has 0 atom stereocenters. The number of carboxylic acids is 1. The molecule has 19 heavy (non-hydrogen) atoms. The predicted molar refractivity (Wildman–Crippen MR) is 75.6 cm³/mol. The van der Waals surface area contributed by atoms with E-state index in [1.807, 2.05) is 25.3 Å². The Balaban J connectivity index is 2.16. The number of anilines is 1. The van der Waals surface area contributed by atoms with E-state index in [-0.39, 0.29) is 0 Å². The quantitative estimate of drug-likeness (QED) is 0.866. The topological polar surface area (TPSA) is 54.3 Å². The third-order valence-electron chi connectivity index (χ3n) is 3.29. The lowest BCUT2D eigenvalue weighted by molar-refractivity contribution is 0.0696. The first kappa shape index (κ1) is 13.2. The molecule has 0 spiro atoms. The molecule has 0 radical (unpaired) electrons. The van der Waals surface area contributed by atoms with E-state index in [0.29, 0.717) is 12.1 Å². The number of carbonyl (C=O) groups is 1. The Morgan fingerprint density at radius 2 is 2.11 bits per heavy atom. The molecule has 100 valence electrons. The van der Waals surface area contributed by atoms with Gasteiger partial charge in [0, 0.05) is 24.1 Å². The molecule has 2 aromatic rings. The van der Waals surface area contributed by atoms with Crippen molar-refractivity contribution in [3.05, 3.63) is 53.3 Å². The average Bonchev–Trinajstić information content (AvgIpc) is 2.84. The minimum atomic E-state index is -0.891. The molecule has 0 fully saturated rings. The van der Waals surface area contributed by atoms with Crippen LogP contribution in [0.2, 0.25) is 0 Å². The molecule has 0 aliphatic carbocycles. The number of carboxylic acid groups (broad SMARTS) is 1. The molecule has 2 N–H and O–H groups in total. The number of nitrogens with zero attached hydrogens (tertiary/aromatic N) is 1. The Labute approximate surface area is 112 Å². The molecule has 1 aromatic heterocycles. The molecule has 0 unspecified atom stereocenters. The first-order valence-electron chi connectivity index (χ1n) is 6.34. The van der Waals surface area contributed by atoms with E-state index in [9.17, 15) is 4.79 Å². The van der Waals surface area contributed by atoms with Gasteiger partial charge >= 0.3 is 5.97 Å². The zero-order valence-corrected chi connectivity index (χ0v) is 11.2. The van der Waals surface area contributed by atoms with Gasteiger partial charge in [-0.2, -0.15) is 0 Å². The fraction of sp³-hybridized carbons (Fsp3) is 0.267. The maximum atomic E-state index is 11.1. The summed E-state index contributed by atoms with van der Waals surface area (Å²) in [6.07, 6.45) is 2.04. The summed E-state index contributed by atoms with van der Waals surface area (Å²) in [6.45, 7) is 5.54. The van der Waals surface area contributed by atoms with Gasteiger partial charge < -0.3 is 15.0 Å². The zero-order chi connectivity index (χ0) is 13.8. The van der Waals surface area contributed by atoms with Crippen molar-refractivity contribution < 1.29 is 9.90 Å². The van der Waals surface area contributed by atoms with Crippen molar-refractivity contribution in [2.45, 2.75) is 26.9 Å². The molecule has 2 rings (SSSR count). The van der Waals surface area contributed by atoms with Gasteiger partial charge in [-0.05, 0) is 43.7 Å². The Kier molecular flexibility index (Phi) is 3.90. The van der Waals surface area contributed by atoms with Gasteiger partial charge in [-0.3, -0.25) is 0 Å². The van der Waals surface area contributed by atoms with Crippen molar-refractivity contribution in [1.82, 2.24) is 4.57 Å². The van der Waals surface area contributed by atoms with Gasteiger partial charge in [0.25, 0.3) is 0 Å². The van der Waals surface area contributed by atoms with Crippen molar-refractivity contribution in [3.63, 3.8) is 0 Å². The molecule has 0 aliphatic rings. The smallest absolute Gasteiger partial charge is 0.336 e. The third-order valence-corrected chi connectivity index (χ3v) is 3.29. The molecule has 1 heterocycles. The van der Waals surface area contributed by atoms with E-state index >= 15 is 0 Å².